The molecule has 33 heavy (non-hydrogen) atoms. The van der Waals surface area contributed by atoms with E-state index in [4.69, 9.17) is 17.8 Å². The van der Waals surface area contributed by atoms with Gasteiger partial charge in [-0.05, 0) is 36.9 Å². The number of aryl methyl sites for hydroxylation is 3. The lowest BCUT2D eigenvalue weighted by Crippen LogP contribution is -2.31. The lowest BCUT2D eigenvalue weighted by atomic mass is 9.97. The molecular formula is C30H27N2O+. The van der Waals surface area contributed by atoms with E-state index in [1.807, 2.05) is 62.4 Å². The van der Waals surface area contributed by atoms with Gasteiger partial charge in [0.05, 0.1) is 13.5 Å². The van der Waals surface area contributed by atoms with Crippen molar-refractivity contribution in [3.63, 3.8) is 0 Å². The fraction of sp³-hybridized carbons (Fsp3) is 0.200. The Bertz CT molecular complexity index is 1770. The molecule has 0 aliphatic carbocycles. The number of rotatable bonds is 3. The van der Waals surface area contributed by atoms with Crippen molar-refractivity contribution < 1.29 is 15.8 Å². The summed E-state index contributed by atoms with van der Waals surface area (Å²) in [6.07, 6.45) is 1.56. The van der Waals surface area contributed by atoms with Crippen LogP contribution in [0.1, 0.15) is 43.2 Å². The molecule has 5 rings (SSSR count). The fourth-order valence-corrected chi connectivity index (χ4v) is 4.40. The highest BCUT2D eigenvalue weighted by Gasteiger charge is 2.23. The summed E-state index contributed by atoms with van der Waals surface area (Å²) in [6, 6.07) is 17.3. The molecule has 2 heterocycles. The van der Waals surface area contributed by atoms with Crippen LogP contribution in [0.5, 0.6) is 0 Å². The fourth-order valence-electron chi connectivity index (χ4n) is 4.40. The zero-order chi connectivity index (χ0) is 27.6. The first kappa shape index (κ1) is 15.8. The zero-order valence-corrected chi connectivity index (χ0v) is 19.1. The largest absolute Gasteiger partial charge is 0.456 e. The molecule has 162 valence electrons. The average molecular weight is 437 g/mol. The number of fused-ring (bicyclic) bond motifs is 3. The molecule has 0 spiro atoms. The Labute approximate surface area is 201 Å². The van der Waals surface area contributed by atoms with Crippen molar-refractivity contribution in [3.8, 4) is 22.4 Å². The van der Waals surface area contributed by atoms with Crippen LogP contribution in [0.15, 0.2) is 71.3 Å². The van der Waals surface area contributed by atoms with Crippen LogP contribution in [-0.2, 0) is 7.05 Å². The number of aromatic nitrogens is 1. The van der Waals surface area contributed by atoms with E-state index in [9.17, 15) is 0 Å². The third-order valence-corrected chi connectivity index (χ3v) is 6.18. The van der Waals surface area contributed by atoms with Crippen molar-refractivity contribution in [1.82, 2.24) is 0 Å². The lowest BCUT2D eigenvalue weighted by Gasteiger charge is -2.08. The molecule has 3 nitrogen and oxygen atoms in total. The van der Waals surface area contributed by atoms with Crippen molar-refractivity contribution in [1.29, 1.82) is 0 Å². The molecule has 2 aromatic heterocycles. The highest BCUT2D eigenvalue weighted by Crippen LogP contribution is 2.44. The van der Waals surface area contributed by atoms with Gasteiger partial charge in [-0.3, -0.25) is 0 Å². The second kappa shape index (κ2) is 7.90. The number of hydrogen-bond donors (Lipinski definition) is 0. The second-order valence-corrected chi connectivity index (χ2v) is 8.50. The van der Waals surface area contributed by atoms with Gasteiger partial charge < -0.3 is 4.42 Å². The molecule has 0 saturated heterocycles. The Hall–Kier alpha value is -3.90. The molecular weight excluding hydrogens is 404 g/mol. The Morgan fingerprint density at radius 3 is 2.39 bits per heavy atom. The van der Waals surface area contributed by atoms with E-state index in [1.165, 1.54) is 6.92 Å². The Kier molecular flexibility index (Phi) is 3.79. The standard InChI is InChI=1S/C30H27N2O/c1-18(2)22-12-16-26(32(6)17-22)27-20(4)9-13-23-24-14-15-25(31-5)28(30(24)33-29(23)27)21-10-7-19(3)8-11-21/h7-18H,1-4,6H3/q+1/i1D3,12D,18D. The van der Waals surface area contributed by atoms with E-state index in [1.54, 1.807) is 23.9 Å². The van der Waals surface area contributed by atoms with E-state index in [2.05, 4.69) is 4.85 Å². The smallest absolute Gasteiger partial charge is 0.216 e. The molecule has 0 aliphatic heterocycles. The van der Waals surface area contributed by atoms with Crippen molar-refractivity contribution in [2.45, 2.75) is 33.5 Å². The summed E-state index contributed by atoms with van der Waals surface area (Å²) < 4.78 is 48.9. The minimum Gasteiger partial charge on any atom is -0.456 e. The molecule has 3 heteroatoms. The molecule has 3 aromatic carbocycles. The summed E-state index contributed by atoms with van der Waals surface area (Å²) in [5.41, 5.74) is 7.00. The number of furan rings is 1. The minimum atomic E-state index is -2.58. The van der Waals surface area contributed by atoms with Gasteiger partial charge in [0.2, 0.25) is 5.69 Å². The average Bonchev–Trinajstić information content (AvgIpc) is 3.23. The first-order valence-electron chi connectivity index (χ1n) is 13.3. The van der Waals surface area contributed by atoms with E-state index < -0.39 is 12.7 Å². The van der Waals surface area contributed by atoms with E-state index >= 15 is 0 Å². The van der Waals surface area contributed by atoms with Gasteiger partial charge in [-0.2, -0.15) is 0 Å². The topological polar surface area (TPSA) is 21.4 Å². The van der Waals surface area contributed by atoms with Crippen molar-refractivity contribution >= 4 is 27.6 Å². The number of hydrogen-bond acceptors (Lipinski definition) is 1. The lowest BCUT2D eigenvalue weighted by molar-refractivity contribution is -0.660. The first-order valence-corrected chi connectivity index (χ1v) is 10.8. The van der Waals surface area contributed by atoms with Gasteiger partial charge in [-0.1, -0.05) is 67.9 Å². The van der Waals surface area contributed by atoms with E-state index in [-0.39, 0.29) is 11.6 Å². The summed E-state index contributed by atoms with van der Waals surface area (Å²) in [5, 5.41) is 1.77. The normalized spacial score (nSPS) is 15.8. The summed E-state index contributed by atoms with van der Waals surface area (Å²) in [4.78, 5) is 3.76. The third kappa shape index (κ3) is 3.39. The van der Waals surface area contributed by atoms with Gasteiger partial charge in [0.25, 0.3) is 0 Å². The summed E-state index contributed by atoms with van der Waals surface area (Å²) in [7, 11) is 1.78. The number of pyridine rings is 1. The van der Waals surface area contributed by atoms with Gasteiger partial charge in [0.1, 0.15) is 18.2 Å². The predicted molar refractivity (Wildman–Crippen MR) is 136 cm³/mol. The van der Waals surface area contributed by atoms with Crippen molar-refractivity contribution in [3.05, 3.63) is 94.9 Å². The Balaban J connectivity index is 1.81. The Morgan fingerprint density at radius 1 is 1.00 bits per heavy atom. The molecule has 0 bridgehead atoms. The van der Waals surface area contributed by atoms with Crippen LogP contribution in [0, 0.1) is 20.4 Å². The van der Waals surface area contributed by atoms with E-state index in [0.717, 1.165) is 38.6 Å². The SMILES string of the molecule is [2H]c1cc(-c2c(C)ccc3c2oc2c(-c4ccc(C)cc4)c([N+]#[C-])ccc23)[n+](C)cc1C([2H])(C)C([2H])([2H])[2H]. The first-order chi connectivity index (χ1) is 17.8. The third-order valence-electron chi connectivity index (χ3n) is 6.18. The predicted octanol–water partition coefficient (Wildman–Crippen LogP) is 8.04. The highest BCUT2D eigenvalue weighted by molar-refractivity contribution is 6.15. The quantitative estimate of drug-likeness (QED) is 0.207. The maximum Gasteiger partial charge on any atom is 0.216 e. The van der Waals surface area contributed by atoms with Crippen molar-refractivity contribution in [2.75, 3.05) is 0 Å². The van der Waals surface area contributed by atoms with Gasteiger partial charge in [-0.15, -0.1) is 0 Å². The zero-order valence-electron chi connectivity index (χ0n) is 24.1. The van der Waals surface area contributed by atoms with Crippen LogP contribution in [0.4, 0.5) is 5.69 Å². The summed E-state index contributed by atoms with van der Waals surface area (Å²) in [6.45, 7) is 10.5. The van der Waals surface area contributed by atoms with Crippen molar-refractivity contribution in [2.24, 2.45) is 7.05 Å². The molecule has 5 aromatic rings. The van der Waals surface area contributed by atoms with Gasteiger partial charge in [0, 0.05) is 33.4 Å². The van der Waals surface area contributed by atoms with Crippen LogP contribution in [0.2, 0.25) is 0 Å². The summed E-state index contributed by atoms with van der Waals surface area (Å²) in [5.74, 6) is -1.93. The van der Waals surface area contributed by atoms with Crippen LogP contribution in [-0.4, -0.2) is 0 Å². The van der Waals surface area contributed by atoms with Crippen LogP contribution < -0.4 is 4.57 Å². The van der Waals surface area contributed by atoms with Crippen LogP contribution in [0.3, 0.4) is 0 Å². The highest BCUT2D eigenvalue weighted by atomic mass is 16.3. The Morgan fingerprint density at radius 2 is 1.70 bits per heavy atom. The second-order valence-electron chi connectivity index (χ2n) is 8.50. The molecule has 0 saturated carbocycles. The molecule has 0 N–H and O–H groups in total. The molecule has 0 fully saturated rings. The van der Waals surface area contributed by atoms with Crippen LogP contribution in [0.25, 0.3) is 49.2 Å². The molecule has 1 atom stereocenters. The van der Waals surface area contributed by atoms with E-state index in [0.29, 0.717) is 22.5 Å². The minimum absolute atomic E-state index is 0.0186. The maximum absolute atomic E-state index is 8.65. The van der Waals surface area contributed by atoms with Gasteiger partial charge >= 0.3 is 0 Å². The van der Waals surface area contributed by atoms with Crippen LogP contribution >= 0.6 is 0 Å². The molecule has 0 amide bonds. The molecule has 0 radical (unpaired) electrons. The monoisotopic (exact) mass is 436 g/mol. The number of benzene rings is 3. The maximum atomic E-state index is 8.65. The van der Waals surface area contributed by atoms with Gasteiger partial charge in [-0.25, -0.2) is 9.41 Å². The number of nitrogens with zero attached hydrogens (tertiary/aromatic N) is 2. The van der Waals surface area contributed by atoms with Gasteiger partial charge in [0.15, 0.2) is 11.9 Å². The molecule has 1 unspecified atom stereocenters. The molecule has 0 aliphatic rings. The summed E-state index contributed by atoms with van der Waals surface area (Å²) >= 11 is 0.